The molecule has 2 aromatic heterocycles. The predicted molar refractivity (Wildman–Crippen MR) is 84.7 cm³/mol. The number of fused-ring (bicyclic) bond motifs is 1. The van der Waals surface area contributed by atoms with Gasteiger partial charge in [-0.2, -0.15) is 0 Å². The summed E-state index contributed by atoms with van der Waals surface area (Å²) < 4.78 is 0. The molecule has 0 unspecified atom stereocenters. The number of aromatic nitrogens is 2. The van der Waals surface area contributed by atoms with Crippen LogP contribution in [-0.2, 0) is 6.54 Å². The SMILES string of the molecule is Cc1ccc2[nH]cc(C(=O)NCc3cccnc3)c(=O)c2c1. The van der Waals surface area contributed by atoms with Crippen LogP contribution in [-0.4, -0.2) is 15.9 Å². The van der Waals surface area contributed by atoms with E-state index in [1.54, 1.807) is 24.5 Å². The minimum Gasteiger partial charge on any atom is -0.360 e. The van der Waals surface area contributed by atoms with Crippen molar-refractivity contribution in [3.05, 3.63) is 75.8 Å². The molecule has 0 aliphatic heterocycles. The molecule has 5 nitrogen and oxygen atoms in total. The number of amides is 1. The van der Waals surface area contributed by atoms with Crippen LogP contribution in [0.25, 0.3) is 10.9 Å². The van der Waals surface area contributed by atoms with Gasteiger partial charge in [0.15, 0.2) is 0 Å². The van der Waals surface area contributed by atoms with E-state index in [1.807, 2.05) is 25.1 Å². The van der Waals surface area contributed by atoms with Gasteiger partial charge in [0.2, 0.25) is 5.43 Å². The maximum Gasteiger partial charge on any atom is 0.257 e. The van der Waals surface area contributed by atoms with Crippen LogP contribution in [0.3, 0.4) is 0 Å². The van der Waals surface area contributed by atoms with Gasteiger partial charge in [-0.25, -0.2) is 0 Å². The standard InChI is InChI=1S/C17H15N3O2/c1-11-4-5-15-13(7-11)16(21)14(10-19-15)17(22)20-9-12-3-2-6-18-8-12/h2-8,10H,9H2,1H3,(H,19,21)(H,20,22). The Bertz CT molecular complexity index is 885. The molecule has 0 spiro atoms. The monoisotopic (exact) mass is 293 g/mol. The van der Waals surface area contributed by atoms with E-state index >= 15 is 0 Å². The fraction of sp³-hybridized carbons (Fsp3) is 0.118. The molecular weight excluding hydrogens is 278 g/mol. The molecule has 1 aromatic carbocycles. The van der Waals surface area contributed by atoms with Crippen LogP contribution in [0.2, 0.25) is 0 Å². The van der Waals surface area contributed by atoms with Crippen LogP contribution >= 0.6 is 0 Å². The van der Waals surface area contributed by atoms with Crippen LogP contribution in [0.1, 0.15) is 21.5 Å². The van der Waals surface area contributed by atoms with E-state index in [9.17, 15) is 9.59 Å². The number of aryl methyl sites for hydroxylation is 1. The number of aromatic amines is 1. The number of nitrogens with one attached hydrogen (secondary N) is 2. The fourth-order valence-corrected chi connectivity index (χ4v) is 2.28. The lowest BCUT2D eigenvalue weighted by Crippen LogP contribution is -2.28. The minimum atomic E-state index is -0.395. The van der Waals surface area contributed by atoms with Crippen molar-refractivity contribution in [1.29, 1.82) is 0 Å². The van der Waals surface area contributed by atoms with Crippen molar-refractivity contribution in [2.24, 2.45) is 0 Å². The van der Waals surface area contributed by atoms with Gasteiger partial charge in [-0.3, -0.25) is 14.6 Å². The first-order valence-corrected chi connectivity index (χ1v) is 6.94. The Hall–Kier alpha value is -2.95. The number of carbonyl (C=O) groups is 1. The molecule has 3 rings (SSSR count). The first-order chi connectivity index (χ1) is 10.6. The number of carbonyl (C=O) groups excluding carboxylic acids is 1. The van der Waals surface area contributed by atoms with Crippen molar-refractivity contribution in [2.75, 3.05) is 0 Å². The van der Waals surface area contributed by atoms with E-state index in [2.05, 4.69) is 15.3 Å². The smallest absolute Gasteiger partial charge is 0.257 e. The minimum absolute atomic E-state index is 0.113. The summed E-state index contributed by atoms with van der Waals surface area (Å²) in [6, 6.07) is 9.20. The summed E-state index contributed by atoms with van der Waals surface area (Å²) in [7, 11) is 0. The Balaban J connectivity index is 1.88. The third-order valence-corrected chi connectivity index (χ3v) is 3.46. The summed E-state index contributed by atoms with van der Waals surface area (Å²) in [6.45, 7) is 2.24. The summed E-state index contributed by atoms with van der Waals surface area (Å²) in [5.74, 6) is -0.395. The molecule has 110 valence electrons. The average Bonchev–Trinajstić information content (AvgIpc) is 2.54. The maximum atomic E-state index is 12.4. The number of pyridine rings is 2. The van der Waals surface area contributed by atoms with Crippen molar-refractivity contribution in [3.63, 3.8) is 0 Å². The van der Waals surface area contributed by atoms with E-state index in [1.165, 1.54) is 6.20 Å². The highest BCUT2D eigenvalue weighted by atomic mass is 16.2. The van der Waals surface area contributed by atoms with Crippen molar-refractivity contribution in [1.82, 2.24) is 15.3 Å². The molecule has 0 saturated heterocycles. The van der Waals surface area contributed by atoms with Gasteiger partial charge in [0.05, 0.1) is 0 Å². The number of nitrogens with zero attached hydrogens (tertiary/aromatic N) is 1. The van der Waals surface area contributed by atoms with Gasteiger partial charge < -0.3 is 10.3 Å². The molecule has 0 aliphatic rings. The maximum absolute atomic E-state index is 12.4. The Kier molecular flexibility index (Phi) is 3.70. The highest BCUT2D eigenvalue weighted by molar-refractivity contribution is 5.97. The lowest BCUT2D eigenvalue weighted by molar-refractivity contribution is 0.0949. The van der Waals surface area contributed by atoms with Crippen LogP contribution in [0.4, 0.5) is 0 Å². The highest BCUT2D eigenvalue weighted by Gasteiger charge is 2.12. The molecule has 2 heterocycles. The number of H-pyrrole nitrogens is 1. The second kappa shape index (κ2) is 5.81. The second-order valence-electron chi connectivity index (χ2n) is 5.12. The quantitative estimate of drug-likeness (QED) is 0.777. The predicted octanol–water partition coefficient (Wildman–Crippen LogP) is 2.16. The van der Waals surface area contributed by atoms with Crippen LogP contribution in [0.15, 0.2) is 53.7 Å². The normalized spacial score (nSPS) is 10.6. The van der Waals surface area contributed by atoms with Crippen LogP contribution < -0.4 is 10.7 Å². The van der Waals surface area contributed by atoms with E-state index in [0.717, 1.165) is 16.6 Å². The molecule has 0 radical (unpaired) electrons. The molecule has 22 heavy (non-hydrogen) atoms. The number of hydrogen-bond acceptors (Lipinski definition) is 3. The fourth-order valence-electron chi connectivity index (χ4n) is 2.28. The summed E-state index contributed by atoms with van der Waals surface area (Å²) in [4.78, 5) is 31.6. The third kappa shape index (κ3) is 2.74. The number of rotatable bonds is 3. The summed E-state index contributed by atoms with van der Waals surface area (Å²) >= 11 is 0. The first-order valence-electron chi connectivity index (χ1n) is 6.94. The van der Waals surface area contributed by atoms with Gasteiger partial charge in [-0.1, -0.05) is 17.7 Å². The topological polar surface area (TPSA) is 74.8 Å². The number of hydrogen-bond donors (Lipinski definition) is 2. The zero-order valence-electron chi connectivity index (χ0n) is 12.1. The summed E-state index contributed by atoms with van der Waals surface area (Å²) in [5.41, 5.74) is 2.43. The Labute approximate surface area is 127 Å². The largest absolute Gasteiger partial charge is 0.360 e. The van der Waals surface area contributed by atoms with Crippen molar-refractivity contribution < 1.29 is 4.79 Å². The van der Waals surface area contributed by atoms with E-state index in [0.29, 0.717) is 11.9 Å². The van der Waals surface area contributed by atoms with Crippen molar-refractivity contribution in [3.8, 4) is 0 Å². The molecule has 0 aliphatic carbocycles. The molecule has 0 atom stereocenters. The van der Waals surface area contributed by atoms with E-state index in [-0.39, 0.29) is 11.0 Å². The third-order valence-electron chi connectivity index (χ3n) is 3.46. The van der Waals surface area contributed by atoms with Gasteiger partial charge in [0.1, 0.15) is 5.56 Å². The molecule has 5 heteroatoms. The van der Waals surface area contributed by atoms with Crippen LogP contribution in [0.5, 0.6) is 0 Å². The Morgan fingerprint density at radius 3 is 2.95 bits per heavy atom. The van der Waals surface area contributed by atoms with Crippen molar-refractivity contribution >= 4 is 16.8 Å². The average molecular weight is 293 g/mol. The lowest BCUT2D eigenvalue weighted by atomic mass is 10.1. The highest BCUT2D eigenvalue weighted by Crippen LogP contribution is 2.10. The van der Waals surface area contributed by atoms with Gasteiger partial charge in [0, 0.05) is 36.0 Å². The van der Waals surface area contributed by atoms with Gasteiger partial charge in [-0.15, -0.1) is 0 Å². The molecule has 0 fully saturated rings. The Morgan fingerprint density at radius 2 is 2.18 bits per heavy atom. The van der Waals surface area contributed by atoms with Gasteiger partial charge in [0.25, 0.3) is 5.91 Å². The molecule has 1 amide bonds. The Morgan fingerprint density at radius 1 is 1.32 bits per heavy atom. The van der Waals surface area contributed by atoms with E-state index in [4.69, 9.17) is 0 Å². The van der Waals surface area contributed by atoms with Gasteiger partial charge in [-0.05, 0) is 30.7 Å². The zero-order valence-corrected chi connectivity index (χ0v) is 12.1. The molecule has 0 saturated carbocycles. The second-order valence-corrected chi connectivity index (χ2v) is 5.12. The van der Waals surface area contributed by atoms with Crippen molar-refractivity contribution in [2.45, 2.75) is 13.5 Å². The first kappa shape index (κ1) is 14.0. The van der Waals surface area contributed by atoms with Gasteiger partial charge >= 0.3 is 0 Å². The zero-order chi connectivity index (χ0) is 15.5. The number of benzene rings is 1. The van der Waals surface area contributed by atoms with Crippen LogP contribution in [0, 0.1) is 6.92 Å². The lowest BCUT2D eigenvalue weighted by Gasteiger charge is -2.06. The molecule has 2 N–H and O–H groups in total. The molecular formula is C17H15N3O2. The van der Waals surface area contributed by atoms with E-state index < -0.39 is 5.91 Å². The molecule has 3 aromatic rings. The summed E-state index contributed by atoms with van der Waals surface area (Å²) in [5, 5.41) is 3.26. The summed E-state index contributed by atoms with van der Waals surface area (Å²) in [6.07, 6.45) is 4.80. The molecule has 0 bridgehead atoms.